The zero-order valence-corrected chi connectivity index (χ0v) is 13.6. The highest BCUT2D eigenvalue weighted by molar-refractivity contribution is 7.88. The molecule has 1 atom stereocenters. The van der Waals surface area contributed by atoms with Crippen molar-refractivity contribution in [3.63, 3.8) is 0 Å². The van der Waals surface area contributed by atoms with Gasteiger partial charge in [0.2, 0.25) is 10.0 Å². The topological polar surface area (TPSA) is 63.4 Å². The first kappa shape index (κ1) is 17.4. The zero-order valence-electron chi connectivity index (χ0n) is 12.0. The molecule has 0 bridgehead atoms. The minimum atomic E-state index is -3.25. The van der Waals surface area contributed by atoms with Gasteiger partial charge in [-0.05, 0) is 17.4 Å². The summed E-state index contributed by atoms with van der Waals surface area (Å²) in [7, 11) is -3.25. The third-order valence-electron chi connectivity index (χ3n) is 3.86. The van der Waals surface area contributed by atoms with Crippen molar-refractivity contribution in [1.82, 2.24) is 4.31 Å². The summed E-state index contributed by atoms with van der Waals surface area (Å²) in [5.74, 6) is 0.0686. The molecule has 114 valence electrons. The van der Waals surface area contributed by atoms with Crippen LogP contribution in [0.3, 0.4) is 0 Å². The third kappa shape index (κ3) is 3.95. The first-order chi connectivity index (χ1) is 8.81. The van der Waals surface area contributed by atoms with Gasteiger partial charge in [0, 0.05) is 19.1 Å². The van der Waals surface area contributed by atoms with E-state index >= 15 is 0 Å². The number of benzene rings is 1. The fourth-order valence-corrected chi connectivity index (χ4v) is 4.15. The fraction of sp³-hybridized carbons (Fsp3) is 0.571. The normalized spacial score (nSPS) is 23.1. The summed E-state index contributed by atoms with van der Waals surface area (Å²) in [5.41, 5.74) is 6.71. The van der Waals surface area contributed by atoms with E-state index in [1.54, 1.807) is 4.31 Å². The molecule has 6 heteroatoms. The minimum absolute atomic E-state index is 0. The van der Waals surface area contributed by atoms with Gasteiger partial charge in [-0.2, -0.15) is 0 Å². The Labute approximate surface area is 127 Å². The molecule has 0 saturated carbocycles. The molecule has 1 fully saturated rings. The van der Waals surface area contributed by atoms with Crippen LogP contribution in [0.4, 0.5) is 0 Å². The Bertz CT molecular complexity index is 531. The summed E-state index contributed by atoms with van der Waals surface area (Å²) in [5, 5.41) is 0. The molecular weight excluding hydrogens is 296 g/mol. The largest absolute Gasteiger partial charge is 0.327 e. The van der Waals surface area contributed by atoms with Crippen molar-refractivity contribution in [2.24, 2.45) is 11.1 Å². The van der Waals surface area contributed by atoms with Crippen LogP contribution in [0.25, 0.3) is 0 Å². The Morgan fingerprint density at radius 2 is 1.90 bits per heavy atom. The highest BCUT2D eigenvalue weighted by Crippen LogP contribution is 2.30. The van der Waals surface area contributed by atoms with Crippen LogP contribution in [0.5, 0.6) is 0 Å². The molecule has 0 aromatic heterocycles. The van der Waals surface area contributed by atoms with Crippen LogP contribution in [0.2, 0.25) is 0 Å². The Balaban J connectivity index is 0.00000200. The van der Waals surface area contributed by atoms with Gasteiger partial charge in [0.1, 0.15) is 0 Å². The molecule has 1 heterocycles. The lowest BCUT2D eigenvalue weighted by atomic mass is 9.81. The SMILES string of the molecule is CC1(C)CN(S(=O)(=O)Cc2ccccc2)CCC1N.Cl. The molecule has 2 N–H and O–H groups in total. The Kier molecular flexibility index (Phi) is 5.61. The molecule has 20 heavy (non-hydrogen) atoms. The van der Waals surface area contributed by atoms with Gasteiger partial charge >= 0.3 is 0 Å². The Morgan fingerprint density at radius 1 is 1.30 bits per heavy atom. The summed E-state index contributed by atoms with van der Waals surface area (Å²) < 4.78 is 26.5. The van der Waals surface area contributed by atoms with Crippen molar-refractivity contribution >= 4 is 22.4 Å². The molecule has 1 saturated heterocycles. The minimum Gasteiger partial charge on any atom is -0.327 e. The van der Waals surface area contributed by atoms with Gasteiger partial charge in [-0.1, -0.05) is 44.2 Å². The second-order valence-electron chi connectivity index (χ2n) is 5.96. The van der Waals surface area contributed by atoms with E-state index in [2.05, 4.69) is 0 Å². The maximum atomic E-state index is 12.4. The molecule has 1 aromatic carbocycles. The standard InChI is InChI=1S/C14H22N2O2S.ClH/c1-14(2)11-16(9-8-13(14)15)19(17,18)10-12-6-4-3-5-7-12;/h3-7,13H,8-11,15H2,1-2H3;1H. The van der Waals surface area contributed by atoms with Crippen LogP contribution < -0.4 is 5.73 Å². The van der Waals surface area contributed by atoms with Gasteiger partial charge < -0.3 is 5.73 Å². The second kappa shape index (κ2) is 6.43. The number of nitrogens with zero attached hydrogens (tertiary/aromatic N) is 1. The number of sulfonamides is 1. The lowest BCUT2D eigenvalue weighted by Crippen LogP contribution is -2.54. The maximum Gasteiger partial charge on any atom is 0.218 e. The number of rotatable bonds is 3. The van der Waals surface area contributed by atoms with Crippen LogP contribution in [-0.4, -0.2) is 31.9 Å². The molecule has 1 aromatic rings. The van der Waals surface area contributed by atoms with Crippen LogP contribution in [0.15, 0.2) is 30.3 Å². The summed E-state index contributed by atoms with van der Waals surface area (Å²) in [6.07, 6.45) is 0.723. The van der Waals surface area contributed by atoms with Crippen LogP contribution in [0.1, 0.15) is 25.8 Å². The first-order valence-corrected chi connectivity index (χ1v) is 8.19. The molecular formula is C14H23ClN2O2S. The molecule has 1 unspecified atom stereocenters. The molecule has 0 aliphatic carbocycles. The molecule has 4 nitrogen and oxygen atoms in total. The van der Waals surface area contributed by atoms with E-state index in [9.17, 15) is 8.42 Å². The van der Waals surface area contributed by atoms with Gasteiger partial charge in [-0.15, -0.1) is 12.4 Å². The first-order valence-electron chi connectivity index (χ1n) is 6.59. The van der Waals surface area contributed by atoms with Crippen molar-refractivity contribution in [2.45, 2.75) is 32.1 Å². The average molecular weight is 319 g/mol. The Hall–Kier alpha value is -0.620. The lowest BCUT2D eigenvalue weighted by Gasteiger charge is -2.41. The van der Waals surface area contributed by atoms with Crippen LogP contribution >= 0.6 is 12.4 Å². The van der Waals surface area contributed by atoms with Crippen LogP contribution in [-0.2, 0) is 15.8 Å². The highest BCUT2D eigenvalue weighted by atomic mass is 35.5. The predicted molar refractivity (Wildman–Crippen MR) is 84.3 cm³/mol. The zero-order chi connectivity index (χ0) is 14.1. The fourth-order valence-electron chi connectivity index (χ4n) is 2.44. The molecule has 0 spiro atoms. The number of hydrogen-bond donors (Lipinski definition) is 1. The van der Waals surface area contributed by atoms with E-state index in [0.717, 1.165) is 12.0 Å². The number of hydrogen-bond acceptors (Lipinski definition) is 3. The summed E-state index contributed by atoms with van der Waals surface area (Å²) in [6.45, 7) is 5.09. The van der Waals surface area contributed by atoms with Crippen molar-refractivity contribution < 1.29 is 8.42 Å². The van der Waals surface area contributed by atoms with Gasteiger partial charge in [-0.25, -0.2) is 12.7 Å². The van der Waals surface area contributed by atoms with E-state index < -0.39 is 10.0 Å². The quantitative estimate of drug-likeness (QED) is 0.927. The molecule has 0 radical (unpaired) electrons. The lowest BCUT2D eigenvalue weighted by molar-refractivity contribution is 0.155. The van der Waals surface area contributed by atoms with Crippen LogP contribution in [0, 0.1) is 5.41 Å². The molecule has 0 amide bonds. The van der Waals surface area contributed by atoms with E-state index in [4.69, 9.17) is 5.73 Å². The van der Waals surface area contributed by atoms with E-state index in [0.29, 0.717) is 13.1 Å². The third-order valence-corrected chi connectivity index (χ3v) is 5.66. The van der Waals surface area contributed by atoms with Gasteiger partial charge in [-0.3, -0.25) is 0 Å². The highest BCUT2D eigenvalue weighted by Gasteiger charge is 2.38. The molecule has 1 aliphatic rings. The van der Waals surface area contributed by atoms with Crippen molar-refractivity contribution in [1.29, 1.82) is 0 Å². The van der Waals surface area contributed by atoms with Crippen molar-refractivity contribution in [3.05, 3.63) is 35.9 Å². The monoisotopic (exact) mass is 318 g/mol. The van der Waals surface area contributed by atoms with E-state index in [1.807, 2.05) is 44.2 Å². The smallest absolute Gasteiger partial charge is 0.218 e. The van der Waals surface area contributed by atoms with Gasteiger partial charge in [0.05, 0.1) is 5.75 Å². The average Bonchev–Trinajstić information content (AvgIpc) is 2.33. The summed E-state index contributed by atoms with van der Waals surface area (Å²) in [6, 6.07) is 9.37. The second-order valence-corrected chi connectivity index (χ2v) is 7.93. The summed E-state index contributed by atoms with van der Waals surface area (Å²) >= 11 is 0. The number of halogens is 1. The maximum absolute atomic E-state index is 12.4. The molecule has 1 aliphatic heterocycles. The number of piperidine rings is 1. The summed E-state index contributed by atoms with van der Waals surface area (Å²) in [4.78, 5) is 0. The molecule has 2 rings (SSSR count). The predicted octanol–water partition coefficient (Wildman–Crippen LogP) is 2.00. The van der Waals surface area contributed by atoms with E-state index in [-0.39, 0.29) is 29.6 Å². The van der Waals surface area contributed by atoms with Crippen molar-refractivity contribution in [3.8, 4) is 0 Å². The Morgan fingerprint density at radius 3 is 2.45 bits per heavy atom. The van der Waals surface area contributed by atoms with Gasteiger partial charge in [0.15, 0.2) is 0 Å². The number of nitrogens with two attached hydrogens (primary N) is 1. The van der Waals surface area contributed by atoms with E-state index in [1.165, 1.54) is 0 Å². The van der Waals surface area contributed by atoms with Crippen molar-refractivity contribution in [2.75, 3.05) is 13.1 Å². The van der Waals surface area contributed by atoms with Gasteiger partial charge in [0.25, 0.3) is 0 Å².